The van der Waals surface area contributed by atoms with Crippen LogP contribution in [0.15, 0.2) is 21.4 Å². The van der Waals surface area contributed by atoms with Crippen LogP contribution in [-0.4, -0.2) is 45.9 Å². The smallest absolute Gasteiger partial charge is 0.273 e. The maximum Gasteiger partial charge on any atom is 0.273 e. The first kappa shape index (κ1) is 14.9. The van der Waals surface area contributed by atoms with Crippen molar-refractivity contribution in [1.29, 1.82) is 0 Å². The Labute approximate surface area is 139 Å². The molecule has 2 atom stereocenters. The lowest BCUT2D eigenvalue weighted by molar-refractivity contribution is 0.0726. The molecule has 2 saturated heterocycles. The van der Waals surface area contributed by atoms with Gasteiger partial charge in [0.15, 0.2) is 0 Å². The van der Waals surface area contributed by atoms with Crippen molar-refractivity contribution in [3.05, 3.63) is 39.7 Å². The zero-order valence-corrected chi connectivity index (χ0v) is 14.3. The molecule has 122 valence electrons. The van der Waals surface area contributed by atoms with Gasteiger partial charge in [-0.25, -0.2) is 4.98 Å². The summed E-state index contributed by atoms with van der Waals surface area (Å²) >= 11 is 1.48. The molecule has 2 fully saturated rings. The van der Waals surface area contributed by atoms with Gasteiger partial charge in [-0.15, -0.1) is 11.3 Å². The van der Waals surface area contributed by atoms with E-state index < -0.39 is 0 Å². The zero-order valence-electron chi connectivity index (χ0n) is 13.5. The Morgan fingerprint density at radius 2 is 2.17 bits per heavy atom. The van der Waals surface area contributed by atoms with Crippen molar-refractivity contribution < 1.29 is 9.21 Å². The molecule has 2 aromatic heterocycles. The minimum Gasteiger partial charge on any atom is -0.465 e. The summed E-state index contributed by atoms with van der Waals surface area (Å²) in [5, 5.41) is 1.84. The molecular formula is C17H21N3O2S. The monoisotopic (exact) mass is 331 g/mol. The van der Waals surface area contributed by atoms with Crippen LogP contribution in [-0.2, 0) is 6.54 Å². The molecule has 0 saturated carbocycles. The molecule has 0 aromatic carbocycles. The summed E-state index contributed by atoms with van der Waals surface area (Å²) in [5.41, 5.74) is 3.53. The summed E-state index contributed by atoms with van der Waals surface area (Å²) in [6.07, 6.45) is 2.08. The molecule has 2 aliphatic rings. The average Bonchev–Trinajstić information content (AvgIpc) is 3.27. The van der Waals surface area contributed by atoms with Gasteiger partial charge >= 0.3 is 0 Å². The van der Waals surface area contributed by atoms with Gasteiger partial charge in [0.05, 0.1) is 12.1 Å². The van der Waals surface area contributed by atoms with Crippen molar-refractivity contribution in [2.45, 2.75) is 45.3 Å². The van der Waals surface area contributed by atoms with Crippen molar-refractivity contribution in [2.75, 3.05) is 13.1 Å². The summed E-state index contributed by atoms with van der Waals surface area (Å²) in [6, 6.07) is 2.90. The number of fused-ring (bicyclic) bond motifs is 1. The fraction of sp³-hybridized carbons (Fsp3) is 0.529. The Bertz CT molecular complexity index is 690. The first-order valence-corrected chi connectivity index (χ1v) is 9.07. The number of carbonyl (C=O) groups is 1. The van der Waals surface area contributed by atoms with Crippen molar-refractivity contribution in [3.63, 3.8) is 0 Å². The van der Waals surface area contributed by atoms with Crippen molar-refractivity contribution in [2.24, 2.45) is 0 Å². The lowest BCUT2D eigenvalue weighted by Crippen LogP contribution is -2.39. The van der Waals surface area contributed by atoms with Crippen molar-refractivity contribution in [1.82, 2.24) is 14.8 Å². The van der Waals surface area contributed by atoms with Crippen LogP contribution in [0.4, 0.5) is 0 Å². The zero-order chi connectivity index (χ0) is 16.0. The van der Waals surface area contributed by atoms with Crippen LogP contribution in [0, 0.1) is 13.8 Å². The van der Waals surface area contributed by atoms with Gasteiger partial charge in [0.25, 0.3) is 5.91 Å². The maximum atomic E-state index is 12.6. The number of amides is 1. The Morgan fingerprint density at radius 3 is 2.87 bits per heavy atom. The number of aryl methyl sites for hydroxylation is 2. The number of rotatable bonds is 3. The predicted molar refractivity (Wildman–Crippen MR) is 88.6 cm³/mol. The van der Waals surface area contributed by atoms with E-state index in [0.717, 1.165) is 44.0 Å². The van der Waals surface area contributed by atoms with E-state index in [2.05, 4.69) is 22.9 Å². The molecule has 2 aliphatic heterocycles. The van der Waals surface area contributed by atoms with Crippen LogP contribution in [0.1, 0.15) is 40.4 Å². The molecule has 5 nitrogen and oxygen atoms in total. The first-order valence-electron chi connectivity index (χ1n) is 8.12. The summed E-state index contributed by atoms with van der Waals surface area (Å²) in [7, 11) is 0. The van der Waals surface area contributed by atoms with E-state index >= 15 is 0 Å². The standard InChI is InChI=1S/C17H21N3O2S/c1-11-7-13(22-12(11)2)8-19-5-3-16-15(19)4-6-20(16)17(21)14-9-23-10-18-14/h7,9-10,15-16H,3-6,8H2,1-2H3/t15-,16+/m0/s1. The van der Waals surface area contributed by atoms with Crippen LogP contribution in [0.25, 0.3) is 0 Å². The van der Waals surface area contributed by atoms with E-state index in [-0.39, 0.29) is 5.91 Å². The number of nitrogens with zero attached hydrogens (tertiary/aromatic N) is 3. The summed E-state index contributed by atoms with van der Waals surface area (Å²) < 4.78 is 5.83. The number of carbonyl (C=O) groups excluding carboxylic acids is 1. The van der Waals surface area contributed by atoms with E-state index in [1.165, 1.54) is 16.9 Å². The molecular weight excluding hydrogens is 310 g/mol. The van der Waals surface area contributed by atoms with E-state index in [0.29, 0.717) is 17.8 Å². The second-order valence-corrected chi connectivity index (χ2v) is 7.23. The molecule has 2 aromatic rings. The Hall–Kier alpha value is -1.66. The third-order valence-electron chi connectivity index (χ3n) is 5.18. The highest BCUT2D eigenvalue weighted by Gasteiger charge is 2.44. The quantitative estimate of drug-likeness (QED) is 0.868. The highest BCUT2D eigenvalue weighted by atomic mass is 32.1. The van der Waals surface area contributed by atoms with Crippen LogP contribution < -0.4 is 0 Å². The lowest BCUT2D eigenvalue weighted by atomic mass is 10.1. The van der Waals surface area contributed by atoms with Crippen molar-refractivity contribution >= 4 is 17.2 Å². The molecule has 0 bridgehead atoms. The van der Waals surface area contributed by atoms with E-state index in [1.54, 1.807) is 5.51 Å². The molecule has 0 aliphatic carbocycles. The predicted octanol–water partition coefficient (Wildman–Crippen LogP) is 2.84. The van der Waals surface area contributed by atoms with Gasteiger partial charge in [-0.2, -0.15) is 0 Å². The molecule has 6 heteroatoms. The topological polar surface area (TPSA) is 49.6 Å². The number of thiazole rings is 1. The largest absolute Gasteiger partial charge is 0.465 e. The molecule has 1 amide bonds. The Kier molecular flexibility index (Phi) is 3.73. The highest BCUT2D eigenvalue weighted by Crippen LogP contribution is 2.34. The van der Waals surface area contributed by atoms with Crippen LogP contribution in [0.3, 0.4) is 0 Å². The van der Waals surface area contributed by atoms with Gasteiger partial charge in [0.2, 0.25) is 0 Å². The molecule has 0 radical (unpaired) electrons. The molecule has 4 rings (SSSR count). The highest BCUT2D eigenvalue weighted by molar-refractivity contribution is 7.07. The first-order chi connectivity index (χ1) is 11.1. The Balaban J connectivity index is 1.46. The second-order valence-electron chi connectivity index (χ2n) is 6.51. The van der Waals surface area contributed by atoms with E-state index in [9.17, 15) is 4.79 Å². The van der Waals surface area contributed by atoms with Crippen molar-refractivity contribution in [3.8, 4) is 0 Å². The molecule has 4 heterocycles. The normalized spacial score (nSPS) is 24.3. The molecule has 0 spiro atoms. The van der Waals surface area contributed by atoms with Gasteiger partial charge < -0.3 is 9.32 Å². The fourth-order valence-electron chi connectivity index (χ4n) is 3.92. The second kappa shape index (κ2) is 5.76. The number of furan rings is 1. The van der Waals surface area contributed by atoms with Crippen LogP contribution >= 0.6 is 11.3 Å². The van der Waals surface area contributed by atoms with Gasteiger partial charge in [0.1, 0.15) is 17.2 Å². The molecule has 23 heavy (non-hydrogen) atoms. The number of aromatic nitrogens is 1. The fourth-order valence-corrected chi connectivity index (χ4v) is 4.44. The number of hydrogen-bond acceptors (Lipinski definition) is 5. The molecule has 0 N–H and O–H groups in total. The minimum absolute atomic E-state index is 0.0882. The lowest BCUT2D eigenvalue weighted by Gasteiger charge is -2.24. The average molecular weight is 331 g/mol. The summed E-state index contributed by atoms with van der Waals surface area (Å²) in [6.45, 7) is 6.79. The van der Waals surface area contributed by atoms with Crippen LogP contribution in [0.2, 0.25) is 0 Å². The van der Waals surface area contributed by atoms with Gasteiger partial charge in [-0.1, -0.05) is 0 Å². The van der Waals surface area contributed by atoms with E-state index in [1.807, 2.05) is 17.2 Å². The number of hydrogen-bond donors (Lipinski definition) is 0. The van der Waals surface area contributed by atoms with E-state index in [4.69, 9.17) is 4.42 Å². The summed E-state index contributed by atoms with van der Waals surface area (Å²) in [4.78, 5) is 21.3. The van der Waals surface area contributed by atoms with Gasteiger partial charge in [-0.3, -0.25) is 9.69 Å². The number of likely N-dealkylation sites (tertiary alicyclic amines) is 2. The Morgan fingerprint density at radius 1 is 1.35 bits per heavy atom. The SMILES string of the molecule is Cc1cc(CN2CC[C@@H]3[C@@H]2CCN3C(=O)c2cscn2)oc1C. The van der Waals surface area contributed by atoms with Gasteiger partial charge in [-0.05, 0) is 38.3 Å². The third kappa shape index (κ3) is 2.60. The van der Waals surface area contributed by atoms with Crippen LogP contribution in [0.5, 0.6) is 0 Å². The third-order valence-corrected chi connectivity index (χ3v) is 5.77. The molecule has 0 unspecified atom stereocenters. The summed E-state index contributed by atoms with van der Waals surface area (Å²) in [5.74, 6) is 2.12. The van der Waals surface area contributed by atoms with Gasteiger partial charge in [0, 0.05) is 30.6 Å². The minimum atomic E-state index is 0.0882. The maximum absolute atomic E-state index is 12.6.